The van der Waals surface area contributed by atoms with E-state index in [1.807, 2.05) is 85.3 Å². The lowest BCUT2D eigenvalue weighted by molar-refractivity contribution is 0.0950. The summed E-state index contributed by atoms with van der Waals surface area (Å²) in [6.07, 6.45) is 5.19. The molecule has 0 saturated carbocycles. The van der Waals surface area contributed by atoms with E-state index in [1.54, 1.807) is 12.1 Å². The maximum atomic E-state index is 12.4. The number of carbonyl (C=O) groups is 1. The predicted octanol–water partition coefficient (Wildman–Crippen LogP) is 4.31. The fraction of sp³-hybridized carbons (Fsp3) is 0.0833. The van der Waals surface area contributed by atoms with Gasteiger partial charge in [-0.3, -0.25) is 9.89 Å². The zero-order chi connectivity index (χ0) is 21.6. The molecule has 4 aromatic rings. The summed E-state index contributed by atoms with van der Waals surface area (Å²) < 4.78 is 1.88. The minimum absolute atomic E-state index is 0.324. The molecule has 0 spiro atoms. The molecule has 0 unspecified atom stereocenters. The van der Waals surface area contributed by atoms with Crippen LogP contribution in [0.1, 0.15) is 27.4 Å². The third-order valence-corrected chi connectivity index (χ3v) is 4.79. The number of aryl methyl sites for hydroxylation is 1. The first-order chi connectivity index (χ1) is 15.1. The number of aromatic nitrogens is 4. The van der Waals surface area contributed by atoms with Crippen molar-refractivity contribution in [1.29, 1.82) is 0 Å². The highest BCUT2D eigenvalue weighted by molar-refractivity contribution is 5.94. The van der Waals surface area contributed by atoms with Gasteiger partial charge in [-0.25, -0.2) is 10.1 Å². The van der Waals surface area contributed by atoms with Crippen LogP contribution < -0.4 is 5.43 Å². The first-order valence-electron chi connectivity index (χ1n) is 9.86. The van der Waals surface area contributed by atoms with Crippen molar-refractivity contribution < 1.29 is 4.79 Å². The van der Waals surface area contributed by atoms with Crippen LogP contribution >= 0.6 is 0 Å². The Balaban J connectivity index is 1.46. The molecule has 0 fully saturated rings. The number of allylic oxidation sites excluding steroid dienone is 1. The van der Waals surface area contributed by atoms with Crippen molar-refractivity contribution >= 4 is 18.2 Å². The number of nitrogens with zero attached hydrogens (tertiary/aromatic N) is 4. The molecule has 0 radical (unpaired) electrons. The standard InChI is InChI=1S/C24H22N6O/c1-17-23(18(2)30(29-17)20-13-7-4-8-14-20)21-16-22(27-26-21)24(31)28-25-15-9-12-19-10-5-3-6-11-19/h3-16H,1-2H3,(H,26,27)(H,28,31)/b12-9+,25-15-. The van der Waals surface area contributed by atoms with Crippen molar-refractivity contribution in [2.45, 2.75) is 13.8 Å². The normalized spacial score (nSPS) is 11.4. The monoisotopic (exact) mass is 410 g/mol. The van der Waals surface area contributed by atoms with E-state index in [0.717, 1.165) is 28.2 Å². The second-order valence-corrected chi connectivity index (χ2v) is 6.95. The number of nitrogens with one attached hydrogen (secondary N) is 2. The van der Waals surface area contributed by atoms with Crippen LogP contribution in [0, 0.1) is 13.8 Å². The summed E-state index contributed by atoms with van der Waals surface area (Å²) in [6, 6.07) is 21.5. The highest BCUT2D eigenvalue weighted by Crippen LogP contribution is 2.27. The second-order valence-electron chi connectivity index (χ2n) is 6.95. The molecular formula is C24H22N6O. The summed E-state index contributed by atoms with van der Waals surface area (Å²) in [7, 11) is 0. The Morgan fingerprint density at radius 2 is 1.77 bits per heavy atom. The molecule has 1 amide bonds. The lowest BCUT2D eigenvalue weighted by Crippen LogP contribution is -2.17. The number of hydrogen-bond acceptors (Lipinski definition) is 4. The van der Waals surface area contributed by atoms with E-state index < -0.39 is 0 Å². The van der Waals surface area contributed by atoms with E-state index in [9.17, 15) is 4.79 Å². The van der Waals surface area contributed by atoms with E-state index in [-0.39, 0.29) is 5.91 Å². The molecule has 4 rings (SSSR count). The minimum Gasteiger partial charge on any atom is -0.272 e. The lowest BCUT2D eigenvalue weighted by atomic mass is 10.1. The average molecular weight is 410 g/mol. The lowest BCUT2D eigenvalue weighted by Gasteiger charge is -2.04. The van der Waals surface area contributed by atoms with Gasteiger partial charge in [-0.15, -0.1) is 0 Å². The number of carbonyl (C=O) groups excluding carboxylic acids is 1. The molecule has 0 saturated heterocycles. The van der Waals surface area contributed by atoms with E-state index >= 15 is 0 Å². The largest absolute Gasteiger partial charge is 0.289 e. The Labute approximate surface area is 180 Å². The van der Waals surface area contributed by atoms with Gasteiger partial charge in [0.1, 0.15) is 5.69 Å². The van der Waals surface area contributed by atoms with Crippen LogP contribution in [0.2, 0.25) is 0 Å². The molecule has 2 aromatic carbocycles. The molecule has 7 heteroatoms. The number of para-hydroxylation sites is 1. The van der Waals surface area contributed by atoms with Crippen LogP contribution in [0.4, 0.5) is 0 Å². The molecule has 154 valence electrons. The predicted molar refractivity (Wildman–Crippen MR) is 122 cm³/mol. The maximum absolute atomic E-state index is 12.4. The van der Waals surface area contributed by atoms with Crippen molar-refractivity contribution in [1.82, 2.24) is 25.4 Å². The summed E-state index contributed by atoms with van der Waals surface area (Å²) in [5.74, 6) is -0.367. The smallest absolute Gasteiger partial charge is 0.272 e. The number of hydrogen-bond donors (Lipinski definition) is 2. The van der Waals surface area contributed by atoms with Gasteiger partial charge in [0.15, 0.2) is 0 Å². The van der Waals surface area contributed by atoms with Gasteiger partial charge < -0.3 is 0 Å². The highest BCUT2D eigenvalue weighted by atomic mass is 16.2. The van der Waals surface area contributed by atoms with Gasteiger partial charge in [0, 0.05) is 11.8 Å². The van der Waals surface area contributed by atoms with Gasteiger partial charge in [-0.05, 0) is 43.7 Å². The molecule has 0 aliphatic rings. The molecule has 7 nitrogen and oxygen atoms in total. The quantitative estimate of drug-likeness (QED) is 0.367. The third-order valence-electron chi connectivity index (χ3n) is 4.79. The SMILES string of the molecule is Cc1nn(-c2ccccc2)c(C)c1-c1cc(C(=O)N/N=C\C=C\c2ccccc2)[nH]n1. The van der Waals surface area contributed by atoms with Gasteiger partial charge in [0.2, 0.25) is 0 Å². The van der Waals surface area contributed by atoms with Gasteiger partial charge in [0.05, 0.1) is 22.8 Å². The van der Waals surface area contributed by atoms with Crippen LogP contribution in [0.3, 0.4) is 0 Å². The Morgan fingerprint density at radius 1 is 1.06 bits per heavy atom. The van der Waals surface area contributed by atoms with E-state index in [0.29, 0.717) is 11.4 Å². The number of H-pyrrole nitrogens is 1. The van der Waals surface area contributed by atoms with Crippen molar-refractivity contribution in [3.8, 4) is 16.9 Å². The zero-order valence-electron chi connectivity index (χ0n) is 17.3. The number of rotatable bonds is 6. The van der Waals surface area contributed by atoms with Crippen molar-refractivity contribution in [3.63, 3.8) is 0 Å². The summed E-state index contributed by atoms with van der Waals surface area (Å²) in [5, 5.41) is 15.7. The van der Waals surface area contributed by atoms with E-state index in [4.69, 9.17) is 0 Å². The van der Waals surface area contributed by atoms with Crippen molar-refractivity contribution in [2.24, 2.45) is 5.10 Å². The summed E-state index contributed by atoms with van der Waals surface area (Å²) in [5.41, 5.74) is 8.20. The van der Waals surface area contributed by atoms with E-state index in [2.05, 4.69) is 25.8 Å². The van der Waals surface area contributed by atoms with Crippen molar-refractivity contribution in [3.05, 3.63) is 95.5 Å². The average Bonchev–Trinajstić information content (AvgIpc) is 3.39. The van der Waals surface area contributed by atoms with Crippen LogP contribution in [0.5, 0.6) is 0 Å². The van der Waals surface area contributed by atoms with Gasteiger partial charge in [0.25, 0.3) is 5.91 Å². The van der Waals surface area contributed by atoms with E-state index in [1.165, 1.54) is 6.21 Å². The first-order valence-corrected chi connectivity index (χ1v) is 9.86. The number of amides is 1. The number of aromatic amines is 1. The fourth-order valence-corrected chi connectivity index (χ4v) is 3.32. The Hall–Kier alpha value is -4.26. The Morgan fingerprint density at radius 3 is 2.52 bits per heavy atom. The molecule has 31 heavy (non-hydrogen) atoms. The molecule has 0 aliphatic carbocycles. The maximum Gasteiger partial charge on any atom is 0.289 e. The van der Waals surface area contributed by atoms with Crippen molar-refractivity contribution in [2.75, 3.05) is 0 Å². The highest BCUT2D eigenvalue weighted by Gasteiger charge is 2.18. The van der Waals surface area contributed by atoms with Crippen LogP contribution in [0.25, 0.3) is 23.0 Å². The molecule has 0 bridgehead atoms. The molecule has 0 aliphatic heterocycles. The number of benzene rings is 2. The second kappa shape index (κ2) is 9.04. The Kier molecular flexibility index (Phi) is 5.84. The molecule has 0 atom stereocenters. The Bertz CT molecular complexity index is 1240. The van der Waals surface area contributed by atoms with Gasteiger partial charge in [-0.1, -0.05) is 54.6 Å². The molecule has 2 heterocycles. The molecule has 2 N–H and O–H groups in total. The molecule has 2 aromatic heterocycles. The number of hydrazone groups is 1. The van der Waals surface area contributed by atoms with Crippen LogP contribution in [-0.2, 0) is 0 Å². The summed E-state index contributed by atoms with van der Waals surface area (Å²) in [4.78, 5) is 12.4. The van der Waals surface area contributed by atoms with Gasteiger partial charge in [-0.2, -0.15) is 15.3 Å². The molecular weight excluding hydrogens is 388 g/mol. The summed E-state index contributed by atoms with van der Waals surface area (Å²) >= 11 is 0. The van der Waals surface area contributed by atoms with Crippen LogP contribution in [0.15, 0.2) is 77.9 Å². The fourth-order valence-electron chi connectivity index (χ4n) is 3.32. The van der Waals surface area contributed by atoms with Gasteiger partial charge >= 0.3 is 0 Å². The first kappa shape index (κ1) is 20.0. The third kappa shape index (κ3) is 4.51. The topological polar surface area (TPSA) is 88.0 Å². The summed E-state index contributed by atoms with van der Waals surface area (Å²) in [6.45, 7) is 3.92. The zero-order valence-corrected chi connectivity index (χ0v) is 17.3. The van der Waals surface area contributed by atoms with Crippen LogP contribution in [-0.4, -0.2) is 32.1 Å². The minimum atomic E-state index is -0.367.